The summed E-state index contributed by atoms with van der Waals surface area (Å²) in [4.78, 5) is 14.2. The SMILES string of the molecule is COC(=O)C1CCN(C(C)(C)c2ccc(C3CB(C#N)C3)cc2)CC1. The van der Waals surface area contributed by atoms with Gasteiger partial charge in [0.15, 0.2) is 0 Å². The third kappa shape index (κ3) is 3.60. The van der Waals surface area contributed by atoms with Crippen LogP contribution in [0, 0.1) is 17.1 Å². The molecular weight excluding hydrogens is 311 g/mol. The van der Waals surface area contributed by atoms with Crippen LogP contribution >= 0.6 is 0 Å². The third-order valence-electron chi connectivity index (χ3n) is 6.23. The molecule has 5 heteroatoms. The van der Waals surface area contributed by atoms with Crippen LogP contribution in [-0.4, -0.2) is 37.8 Å². The number of likely N-dealkylation sites (tertiary alicyclic amines) is 1. The van der Waals surface area contributed by atoms with E-state index in [4.69, 9.17) is 10.00 Å². The highest BCUT2D eigenvalue weighted by atomic mass is 16.5. The van der Waals surface area contributed by atoms with Crippen molar-refractivity contribution in [3.63, 3.8) is 0 Å². The zero-order chi connectivity index (χ0) is 18.0. The van der Waals surface area contributed by atoms with Gasteiger partial charge < -0.3 is 4.74 Å². The van der Waals surface area contributed by atoms with Gasteiger partial charge in [0.25, 0.3) is 6.71 Å². The Kier molecular flexibility index (Phi) is 5.20. The van der Waals surface area contributed by atoms with Gasteiger partial charge >= 0.3 is 5.97 Å². The second kappa shape index (κ2) is 7.21. The van der Waals surface area contributed by atoms with Crippen LogP contribution < -0.4 is 0 Å². The molecule has 0 aliphatic carbocycles. The minimum Gasteiger partial charge on any atom is -0.469 e. The van der Waals surface area contributed by atoms with Gasteiger partial charge in [-0.1, -0.05) is 36.9 Å². The van der Waals surface area contributed by atoms with E-state index >= 15 is 0 Å². The van der Waals surface area contributed by atoms with Crippen LogP contribution in [0.4, 0.5) is 0 Å². The first-order valence-corrected chi connectivity index (χ1v) is 9.28. The lowest BCUT2D eigenvalue weighted by Gasteiger charge is -2.43. The molecule has 1 aromatic rings. The van der Waals surface area contributed by atoms with Crippen LogP contribution in [0.15, 0.2) is 24.3 Å². The van der Waals surface area contributed by atoms with Gasteiger partial charge in [-0.3, -0.25) is 9.69 Å². The average Bonchev–Trinajstić information content (AvgIpc) is 2.61. The van der Waals surface area contributed by atoms with Crippen LogP contribution in [0.3, 0.4) is 0 Å². The number of hydrogen-bond acceptors (Lipinski definition) is 4. The van der Waals surface area contributed by atoms with Gasteiger partial charge in [0.2, 0.25) is 0 Å². The molecule has 0 aromatic heterocycles. The predicted molar refractivity (Wildman–Crippen MR) is 99.5 cm³/mol. The Bertz CT molecular complexity index is 651. The largest absolute Gasteiger partial charge is 0.469 e. The number of methoxy groups -OCH3 is 1. The first-order chi connectivity index (χ1) is 12.0. The molecule has 0 atom stereocenters. The Hall–Kier alpha value is -1.80. The van der Waals surface area contributed by atoms with Crippen LogP contribution in [0.25, 0.3) is 0 Å². The lowest BCUT2D eigenvalue weighted by Crippen LogP contribution is -2.47. The Morgan fingerprint density at radius 2 is 1.84 bits per heavy atom. The number of rotatable bonds is 4. The average molecular weight is 338 g/mol. The summed E-state index contributed by atoms with van der Waals surface area (Å²) in [7, 11) is 1.47. The Labute approximate surface area is 151 Å². The highest BCUT2D eigenvalue weighted by Gasteiger charge is 2.36. The van der Waals surface area contributed by atoms with Crippen LogP contribution in [0.2, 0.25) is 12.6 Å². The van der Waals surface area contributed by atoms with Gasteiger partial charge in [0.1, 0.15) is 0 Å². The maximum atomic E-state index is 11.7. The van der Waals surface area contributed by atoms with Crippen molar-refractivity contribution < 1.29 is 9.53 Å². The molecule has 132 valence electrons. The van der Waals surface area contributed by atoms with Crippen molar-refractivity contribution in [1.29, 1.82) is 5.26 Å². The molecule has 3 rings (SSSR count). The fourth-order valence-electron chi connectivity index (χ4n) is 4.18. The molecular formula is C20H27BN2O2. The van der Waals surface area contributed by atoms with Gasteiger partial charge in [-0.25, -0.2) is 5.26 Å². The minimum atomic E-state index is -0.0713. The van der Waals surface area contributed by atoms with E-state index in [1.165, 1.54) is 18.2 Å². The van der Waals surface area contributed by atoms with E-state index in [1.54, 1.807) is 0 Å². The minimum absolute atomic E-state index is 0.0472. The fourth-order valence-corrected chi connectivity index (χ4v) is 4.18. The molecule has 2 heterocycles. The first-order valence-electron chi connectivity index (χ1n) is 9.28. The van der Waals surface area contributed by atoms with E-state index < -0.39 is 0 Å². The predicted octanol–water partition coefficient (Wildman–Crippen LogP) is 3.46. The van der Waals surface area contributed by atoms with Gasteiger partial charge in [0.05, 0.1) is 13.0 Å². The Balaban J connectivity index is 1.63. The van der Waals surface area contributed by atoms with E-state index in [-0.39, 0.29) is 24.1 Å². The molecule has 0 spiro atoms. The molecule has 0 radical (unpaired) electrons. The number of piperidine rings is 1. The maximum absolute atomic E-state index is 11.7. The van der Waals surface area contributed by atoms with Crippen molar-refractivity contribution in [1.82, 2.24) is 4.90 Å². The van der Waals surface area contributed by atoms with Crippen LogP contribution in [0.5, 0.6) is 0 Å². The smallest absolute Gasteiger partial charge is 0.308 e. The number of benzene rings is 1. The third-order valence-corrected chi connectivity index (χ3v) is 6.23. The molecule has 0 N–H and O–H groups in total. The summed E-state index contributed by atoms with van der Waals surface area (Å²) < 4.78 is 4.88. The van der Waals surface area contributed by atoms with E-state index in [0.29, 0.717) is 5.92 Å². The van der Waals surface area contributed by atoms with Crippen molar-refractivity contribution in [3.8, 4) is 5.97 Å². The van der Waals surface area contributed by atoms with E-state index in [0.717, 1.165) is 38.6 Å². The topological polar surface area (TPSA) is 53.3 Å². The molecule has 2 aliphatic rings. The van der Waals surface area contributed by atoms with E-state index in [9.17, 15) is 4.79 Å². The summed E-state index contributed by atoms with van der Waals surface area (Å²) in [6.07, 6.45) is 3.73. The molecule has 2 saturated heterocycles. The molecule has 1 aromatic carbocycles. The fraction of sp³-hybridized carbons (Fsp3) is 0.600. The van der Waals surface area contributed by atoms with Gasteiger partial charge in [-0.05, 0) is 56.8 Å². The summed E-state index contributed by atoms with van der Waals surface area (Å²) in [5, 5.41) is 8.93. The summed E-state index contributed by atoms with van der Waals surface area (Å²) in [6.45, 7) is 6.60. The lowest BCUT2D eigenvalue weighted by molar-refractivity contribution is -0.147. The van der Waals surface area contributed by atoms with Gasteiger partial charge in [-0.15, -0.1) is 0 Å². The summed E-state index contributed by atoms with van der Waals surface area (Å²) in [6, 6.07) is 8.94. The normalized spacial score (nSPS) is 20.0. The van der Waals surface area contributed by atoms with Crippen molar-refractivity contribution >= 4 is 12.7 Å². The van der Waals surface area contributed by atoms with Crippen molar-refractivity contribution in [2.75, 3.05) is 20.2 Å². The molecule has 4 nitrogen and oxygen atoms in total. The van der Waals surface area contributed by atoms with Crippen molar-refractivity contribution in [2.24, 2.45) is 5.92 Å². The molecule has 0 bridgehead atoms. The molecule has 2 aliphatic heterocycles. The number of carbonyl (C=O) groups excluding carboxylic acids is 1. The summed E-state index contributed by atoms with van der Waals surface area (Å²) >= 11 is 0. The highest BCUT2D eigenvalue weighted by molar-refractivity contribution is 6.70. The van der Waals surface area contributed by atoms with Crippen molar-refractivity contribution in [2.45, 2.75) is 50.8 Å². The molecule has 0 unspecified atom stereocenters. The number of nitriles is 1. The molecule has 0 amide bonds. The Morgan fingerprint density at radius 1 is 1.24 bits per heavy atom. The summed E-state index contributed by atoms with van der Waals surface area (Å²) in [5.41, 5.74) is 2.62. The zero-order valence-electron chi connectivity index (χ0n) is 15.5. The number of carbonyl (C=O) groups is 1. The summed E-state index contributed by atoms with van der Waals surface area (Å²) in [5.74, 6) is 2.89. The van der Waals surface area contributed by atoms with Gasteiger partial charge in [-0.2, -0.15) is 0 Å². The first kappa shape index (κ1) is 18.0. The monoisotopic (exact) mass is 338 g/mol. The van der Waals surface area contributed by atoms with E-state index in [2.05, 4.69) is 49.0 Å². The quantitative estimate of drug-likeness (QED) is 0.623. The zero-order valence-corrected chi connectivity index (χ0v) is 15.5. The van der Waals surface area contributed by atoms with Crippen LogP contribution in [0.1, 0.15) is 43.7 Å². The second-order valence-corrected chi connectivity index (χ2v) is 7.96. The molecule has 2 fully saturated rings. The number of nitrogens with zero attached hydrogens (tertiary/aromatic N) is 2. The van der Waals surface area contributed by atoms with Crippen LogP contribution in [-0.2, 0) is 15.1 Å². The number of esters is 1. The Morgan fingerprint density at radius 3 is 2.36 bits per heavy atom. The standard InChI is InChI=1S/C20H27BN2O2/c1-20(2,23-10-8-16(9-11-23)19(24)25-3)18-6-4-15(5-7-18)17-12-21(13-17)14-22/h4-7,16-17H,8-13H2,1-3H3. The van der Waals surface area contributed by atoms with Crippen molar-refractivity contribution in [3.05, 3.63) is 35.4 Å². The van der Waals surface area contributed by atoms with Gasteiger partial charge in [0, 0.05) is 11.5 Å². The maximum Gasteiger partial charge on any atom is 0.308 e. The number of hydrogen-bond donors (Lipinski definition) is 0. The van der Waals surface area contributed by atoms with E-state index in [1.807, 2.05) is 0 Å². The molecule has 0 saturated carbocycles. The second-order valence-electron chi connectivity index (χ2n) is 7.96. The lowest BCUT2D eigenvalue weighted by atomic mass is 9.32. The molecule has 25 heavy (non-hydrogen) atoms. The highest BCUT2D eigenvalue weighted by Crippen LogP contribution is 2.39. The number of ether oxygens (including phenoxy) is 1.